The summed E-state index contributed by atoms with van der Waals surface area (Å²) in [5, 5.41) is 8.20. The van der Waals surface area contributed by atoms with Crippen molar-refractivity contribution < 1.29 is 0 Å². The molecule has 0 saturated carbocycles. The van der Waals surface area contributed by atoms with Gasteiger partial charge in [-0.2, -0.15) is 5.10 Å². The number of nitrogens with zero attached hydrogens (tertiary/aromatic N) is 2. The van der Waals surface area contributed by atoms with E-state index in [2.05, 4.69) is 60.8 Å². The molecule has 3 nitrogen and oxygen atoms in total. The Hall–Kier alpha value is -1.77. The molecule has 0 fully saturated rings. The maximum Gasteiger partial charge on any atom is 0.0853 e. The summed E-state index contributed by atoms with van der Waals surface area (Å²) in [6, 6.07) is 11.1. The molecule has 1 N–H and O–H groups in total. The molecule has 0 saturated heterocycles. The first kappa shape index (κ1) is 14.6. The van der Waals surface area contributed by atoms with Crippen LogP contribution in [0.5, 0.6) is 0 Å². The minimum atomic E-state index is 0.366. The van der Waals surface area contributed by atoms with Gasteiger partial charge in [-0.05, 0) is 18.4 Å². The first-order valence-corrected chi connectivity index (χ1v) is 7.58. The van der Waals surface area contributed by atoms with Crippen LogP contribution in [0.15, 0.2) is 36.5 Å². The zero-order chi connectivity index (χ0) is 14.4. The number of nitrogens with one attached hydrogen (secondary N) is 1. The zero-order valence-electron chi connectivity index (χ0n) is 12.8. The number of hydrogen-bond acceptors (Lipinski definition) is 2. The van der Waals surface area contributed by atoms with E-state index < -0.39 is 0 Å². The van der Waals surface area contributed by atoms with Gasteiger partial charge in [-0.15, -0.1) is 0 Å². The van der Waals surface area contributed by atoms with E-state index in [-0.39, 0.29) is 0 Å². The second-order valence-electron chi connectivity index (χ2n) is 5.27. The summed E-state index contributed by atoms with van der Waals surface area (Å²) < 4.78 is 1.89. The van der Waals surface area contributed by atoms with Gasteiger partial charge in [-0.1, -0.05) is 57.0 Å². The number of unbranched alkanes of at least 4 members (excludes halogenated alkanes) is 1. The third kappa shape index (κ3) is 3.62. The van der Waals surface area contributed by atoms with Crippen LogP contribution in [-0.2, 0) is 13.5 Å². The molecule has 1 unspecified atom stereocenters. The Labute approximate surface area is 122 Å². The van der Waals surface area contributed by atoms with Crippen LogP contribution in [0.2, 0.25) is 0 Å². The third-order valence-corrected chi connectivity index (χ3v) is 3.62. The Kier molecular flexibility index (Phi) is 5.22. The normalized spacial score (nSPS) is 12.3. The minimum absolute atomic E-state index is 0.366. The Morgan fingerprint density at radius 3 is 2.60 bits per heavy atom. The summed E-state index contributed by atoms with van der Waals surface area (Å²) in [5.74, 6) is 0. The van der Waals surface area contributed by atoms with Gasteiger partial charge in [0.15, 0.2) is 0 Å². The van der Waals surface area contributed by atoms with Gasteiger partial charge in [-0.3, -0.25) is 4.68 Å². The van der Waals surface area contributed by atoms with Gasteiger partial charge in [-0.25, -0.2) is 0 Å². The first-order chi connectivity index (χ1) is 9.74. The molecule has 2 aromatic rings. The van der Waals surface area contributed by atoms with Crippen LogP contribution in [0, 0.1) is 0 Å². The third-order valence-electron chi connectivity index (χ3n) is 3.62. The molecular formula is C17H25N3. The molecule has 0 amide bonds. The van der Waals surface area contributed by atoms with E-state index in [9.17, 15) is 0 Å². The first-order valence-electron chi connectivity index (χ1n) is 7.58. The highest BCUT2D eigenvalue weighted by atomic mass is 15.3. The van der Waals surface area contributed by atoms with Crippen LogP contribution in [0.25, 0.3) is 0 Å². The number of anilines is 1. The summed E-state index contributed by atoms with van der Waals surface area (Å²) in [6.07, 6.45) is 6.64. The largest absolute Gasteiger partial charge is 0.375 e. The molecule has 0 spiro atoms. The number of rotatable bonds is 7. The minimum Gasteiger partial charge on any atom is -0.375 e. The van der Waals surface area contributed by atoms with Crippen molar-refractivity contribution in [1.29, 1.82) is 0 Å². The average Bonchev–Trinajstić information content (AvgIpc) is 2.84. The molecule has 3 heteroatoms. The van der Waals surface area contributed by atoms with Gasteiger partial charge in [0.05, 0.1) is 17.4 Å². The van der Waals surface area contributed by atoms with Gasteiger partial charge in [0.2, 0.25) is 0 Å². The molecule has 2 rings (SSSR count). The lowest BCUT2D eigenvalue weighted by Gasteiger charge is -2.20. The highest BCUT2D eigenvalue weighted by Crippen LogP contribution is 2.26. The zero-order valence-corrected chi connectivity index (χ0v) is 12.8. The molecule has 0 aliphatic rings. The number of benzene rings is 1. The SMILES string of the molecule is CCCCC(Nc1cn(C)nc1CC)c1ccccc1. The predicted molar refractivity (Wildman–Crippen MR) is 84.9 cm³/mol. The predicted octanol–water partition coefficient (Wildman–Crippen LogP) is 4.33. The summed E-state index contributed by atoms with van der Waals surface area (Å²) in [6.45, 7) is 4.39. The Bertz CT molecular complexity index is 516. The van der Waals surface area contributed by atoms with Crippen molar-refractivity contribution in [2.24, 2.45) is 7.05 Å². The molecule has 0 bridgehead atoms. The van der Waals surface area contributed by atoms with Crippen LogP contribution in [0.4, 0.5) is 5.69 Å². The molecule has 1 aromatic heterocycles. The fourth-order valence-electron chi connectivity index (χ4n) is 2.52. The van der Waals surface area contributed by atoms with E-state index >= 15 is 0 Å². The lowest BCUT2D eigenvalue weighted by Crippen LogP contribution is -2.11. The van der Waals surface area contributed by atoms with E-state index in [0.29, 0.717) is 6.04 Å². The van der Waals surface area contributed by atoms with Crippen LogP contribution in [-0.4, -0.2) is 9.78 Å². The van der Waals surface area contributed by atoms with Crippen molar-refractivity contribution in [3.63, 3.8) is 0 Å². The van der Waals surface area contributed by atoms with Gasteiger partial charge >= 0.3 is 0 Å². The van der Waals surface area contributed by atoms with E-state index in [4.69, 9.17) is 0 Å². The molecule has 0 aliphatic carbocycles. The number of aryl methyl sites for hydroxylation is 2. The van der Waals surface area contributed by atoms with Crippen LogP contribution >= 0.6 is 0 Å². The van der Waals surface area contributed by atoms with Gasteiger partial charge < -0.3 is 5.32 Å². The highest BCUT2D eigenvalue weighted by molar-refractivity contribution is 5.48. The fourth-order valence-corrected chi connectivity index (χ4v) is 2.52. The lowest BCUT2D eigenvalue weighted by atomic mass is 10.0. The molecule has 1 heterocycles. The molecule has 1 aromatic carbocycles. The summed E-state index contributed by atoms with van der Waals surface area (Å²) in [7, 11) is 1.98. The average molecular weight is 271 g/mol. The van der Waals surface area contributed by atoms with Crippen LogP contribution in [0.3, 0.4) is 0 Å². The number of aromatic nitrogens is 2. The second-order valence-corrected chi connectivity index (χ2v) is 5.27. The van der Waals surface area contributed by atoms with E-state index in [1.165, 1.54) is 24.1 Å². The van der Waals surface area contributed by atoms with Crippen molar-refractivity contribution in [2.45, 2.75) is 45.6 Å². The van der Waals surface area contributed by atoms with Crippen molar-refractivity contribution in [1.82, 2.24) is 9.78 Å². The quantitative estimate of drug-likeness (QED) is 0.812. The highest BCUT2D eigenvalue weighted by Gasteiger charge is 2.14. The maximum atomic E-state index is 4.51. The fraction of sp³-hybridized carbons (Fsp3) is 0.471. The van der Waals surface area contributed by atoms with Crippen molar-refractivity contribution in [2.75, 3.05) is 5.32 Å². The summed E-state index contributed by atoms with van der Waals surface area (Å²) >= 11 is 0. The molecule has 20 heavy (non-hydrogen) atoms. The van der Waals surface area contributed by atoms with Crippen molar-refractivity contribution >= 4 is 5.69 Å². The number of hydrogen-bond donors (Lipinski definition) is 1. The second kappa shape index (κ2) is 7.13. The molecule has 0 radical (unpaired) electrons. The van der Waals surface area contributed by atoms with Crippen molar-refractivity contribution in [3.8, 4) is 0 Å². The van der Waals surface area contributed by atoms with Gasteiger partial charge in [0, 0.05) is 13.2 Å². The van der Waals surface area contributed by atoms with Crippen molar-refractivity contribution in [3.05, 3.63) is 47.8 Å². The van der Waals surface area contributed by atoms with E-state index in [1.54, 1.807) is 0 Å². The summed E-state index contributed by atoms with van der Waals surface area (Å²) in [4.78, 5) is 0. The molecule has 0 aliphatic heterocycles. The van der Waals surface area contributed by atoms with E-state index in [0.717, 1.165) is 18.5 Å². The standard InChI is InChI=1S/C17H25N3/c1-4-6-12-16(14-10-8-7-9-11-14)18-17-13-20(3)19-15(17)5-2/h7-11,13,16,18H,4-6,12H2,1-3H3. The van der Waals surface area contributed by atoms with Gasteiger partial charge in [0.1, 0.15) is 0 Å². The molecular weight excluding hydrogens is 246 g/mol. The van der Waals surface area contributed by atoms with E-state index in [1.807, 2.05) is 11.7 Å². The van der Waals surface area contributed by atoms with Crippen LogP contribution in [0.1, 0.15) is 50.4 Å². The Morgan fingerprint density at radius 1 is 1.20 bits per heavy atom. The topological polar surface area (TPSA) is 29.9 Å². The van der Waals surface area contributed by atoms with Crippen LogP contribution < -0.4 is 5.32 Å². The smallest absolute Gasteiger partial charge is 0.0853 e. The maximum absolute atomic E-state index is 4.51. The molecule has 108 valence electrons. The van der Waals surface area contributed by atoms with Gasteiger partial charge in [0.25, 0.3) is 0 Å². The molecule has 1 atom stereocenters. The lowest BCUT2D eigenvalue weighted by molar-refractivity contribution is 0.634. The summed E-state index contributed by atoms with van der Waals surface area (Å²) in [5.41, 5.74) is 3.66. The Morgan fingerprint density at radius 2 is 1.95 bits per heavy atom. The Balaban J connectivity index is 2.19. The monoisotopic (exact) mass is 271 g/mol.